The van der Waals surface area contributed by atoms with Gasteiger partial charge in [0, 0.05) is 13.2 Å². The molecular formula is C19H28N2O3. The van der Waals surface area contributed by atoms with E-state index in [1.54, 1.807) is 7.11 Å². The van der Waals surface area contributed by atoms with Gasteiger partial charge < -0.3 is 14.8 Å². The molecule has 5 heteroatoms. The van der Waals surface area contributed by atoms with Crippen LogP contribution in [0.15, 0.2) is 18.2 Å². The molecule has 0 bridgehead atoms. The zero-order valence-corrected chi connectivity index (χ0v) is 14.7. The quantitative estimate of drug-likeness (QED) is 0.870. The van der Waals surface area contributed by atoms with Gasteiger partial charge in [0.15, 0.2) is 0 Å². The summed E-state index contributed by atoms with van der Waals surface area (Å²) in [5.41, 5.74) is 1.86. The Morgan fingerprint density at radius 3 is 3.00 bits per heavy atom. The van der Waals surface area contributed by atoms with Crippen molar-refractivity contribution >= 4 is 11.6 Å². The highest BCUT2D eigenvalue weighted by molar-refractivity contribution is 5.96. The van der Waals surface area contributed by atoms with Gasteiger partial charge in [0.2, 0.25) is 5.91 Å². The van der Waals surface area contributed by atoms with Crippen molar-refractivity contribution < 1.29 is 14.3 Å². The molecule has 1 amide bonds. The summed E-state index contributed by atoms with van der Waals surface area (Å²) in [6, 6.07) is 5.80. The zero-order chi connectivity index (χ0) is 16.9. The zero-order valence-electron chi connectivity index (χ0n) is 14.7. The first-order valence-corrected chi connectivity index (χ1v) is 8.98. The number of benzene rings is 1. The third-order valence-corrected chi connectivity index (χ3v) is 5.04. The second kappa shape index (κ2) is 7.99. The summed E-state index contributed by atoms with van der Waals surface area (Å²) >= 11 is 0. The summed E-state index contributed by atoms with van der Waals surface area (Å²) in [7, 11) is 1.63. The Balaban J connectivity index is 1.59. The van der Waals surface area contributed by atoms with Crippen molar-refractivity contribution in [1.82, 2.24) is 4.90 Å². The minimum Gasteiger partial charge on any atom is -0.495 e. The van der Waals surface area contributed by atoms with Gasteiger partial charge in [-0.25, -0.2) is 0 Å². The van der Waals surface area contributed by atoms with Gasteiger partial charge in [-0.3, -0.25) is 9.69 Å². The summed E-state index contributed by atoms with van der Waals surface area (Å²) in [4.78, 5) is 15.1. The third-order valence-electron chi connectivity index (χ3n) is 5.04. The summed E-state index contributed by atoms with van der Waals surface area (Å²) in [5, 5.41) is 3.07. The van der Waals surface area contributed by atoms with E-state index in [0.29, 0.717) is 11.9 Å². The second-order valence-electron chi connectivity index (χ2n) is 6.81. The Kier molecular flexibility index (Phi) is 5.74. The van der Waals surface area contributed by atoms with E-state index in [4.69, 9.17) is 9.47 Å². The maximum absolute atomic E-state index is 12.8. The maximum atomic E-state index is 12.8. The van der Waals surface area contributed by atoms with E-state index in [9.17, 15) is 4.79 Å². The predicted molar refractivity (Wildman–Crippen MR) is 94.5 cm³/mol. The molecule has 0 aromatic heterocycles. The minimum absolute atomic E-state index is 0.0448. The highest BCUT2D eigenvalue weighted by atomic mass is 16.5. The molecule has 2 aliphatic rings. The number of hydrogen-bond acceptors (Lipinski definition) is 4. The number of methoxy groups -OCH3 is 1. The standard InChI is InChI=1S/C19H28N2O3/c1-14-7-8-18(23-2)16(13-14)20-19(22)17-6-3-10-21(17)11-9-15-5-4-12-24-15/h7-8,13,15,17H,3-6,9-12H2,1-2H3,(H,20,22). The first kappa shape index (κ1) is 17.2. The number of nitrogens with one attached hydrogen (secondary N) is 1. The van der Waals surface area contributed by atoms with Gasteiger partial charge in [0.1, 0.15) is 5.75 Å². The van der Waals surface area contributed by atoms with Crippen molar-refractivity contribution in [2.24, 2.45) is 0 Å². The Labute approximate surface area is 144 Å². The van der Waals surface area contributed by atoms with Gasteiger partial charge in [-0.2, -0.15) is 0 Å². The van der Waals surface area contributed by atoms with Crippen molar-refractivity contribution in [2.75, 3.05) is 32.1 Å². The summed E-state index contributed by atoms with van der Waals surface area (Å²) in [6.45, 7) is 4.84. The van der Waals surface area contributed by atoms with Crippen LogP contribution in [0.1, 0.15) is 37.7 Å². The van der Waals surface area contributed by atoms with Crippen molar-refractivity contribution in [3.63, 3.8) is 0 Å². The molecule has 24 heavy (non-hydrogen) atoms. The SMILES string of the molecule is COc1ccc(C)cc1NC(=O)C1CCCN1CCC1CCCO1. The van der Waals surface area contributed by atoms with E-state index in [1.165, 1.54) is 6.42 Å². The maximum Gasteiger partial charge on any atom is 0.241 e. The third kappa shape index (κ3) is 4.08. The largest absolute Gasteiger partial charge is 0.495 e. The molecule has 0 aliphatic carbocycles. The number of likely N-dealkylation sites (tertiary alicyclic amines) is 1. The van der Waals surface area contributed by atoms with Crippen LogP contribution in [0.4, 0.5) is 5.69 Å². The molecule has 3 rings (SSSR count). The smallest absolute Gasteiger partial charge is 0.241 e. The van der Waals surface area contributed by atoms with Crippen LogP contribution in [0.2, 0.25) is 0 Å². The average Bonchev–Trinajstić information content (AvgIpc) is 3.24. The average molecular weight is 332 g/mol. The monoisotopic (exact) mass is 332 g/mol. The number of nitrogens with zero attached hydrogens (tertiary/aromatic N) is 1. The molecule has 1 aromatic carbocycles. The van der Waals surface area contributed by atoms with Crippen LogP contribution in [0, 0.1) is 6.92 Å². The Hall–Kier alpha value is -1.59. The van der Waals surface area contributed by atoms with Crippen LogP contribution in [0.25, 0.3) is 0 Å². The number of rotatable bonds is 6. The highest BCUT2D eigenvalue weighted by Gasteiger charge is 2.31. The summed E-state index contributed by atoms with van der Waals surface area (Å²) in [6.07, 6.45) is 5.73. The van der Waals surface area contributed by atoms with Crippen LogP contribution in [0.5, 0.6) is 5.75 Å². The van der Waals surface area contributed by atoms with E-state index in [2.05, 4.69) is 10.2 Å². The Bertz CT molecular complexity index is 570. The lowest BCUT2D eigenvalue weighted by atomic mass is 10.1. The lowest BCUT2D eigenvalue weighted by Gasteiger charge is -2.25. The van der Waals surface area contributed by atoms with Gasteiger partial charge >= 0.3 is 0 Å². The molecule has 2 atom stereocenters. The van der Waals surface area contributed by atoms with E-state index in [-0.39, 0.29) is 11.9 Å². The topological polar surface area (TPSA) is 50.8 Å². The molecule has 2 aliphatic heterocycles. The van der Waals surface area contributed by atoms with Gasteiger partial charge in [0.25, 0.3) is 0 Å². The van der Waals surface area contributed by atoms with Crippen LogP contribution >= 0.6 is 0 Å². The first-order chi connectivity index (χ1) is 11.7. The first-order valence-electron chi connectivity index (χ1n) is 8.98. The number of aryl methyl sites for hydroxylation is 1. The van der Waals surface area contributed by atoms with Crippen LogP contribution < -0.4 is 10.1 Å². The van der Waals surface area contributed by atoms with Gasteiger partial charge in [-0.15, -0.1) is 0 Å². The molecule has 132 valence electrons. The van der Waals surface area contributed by atoms with Crippen molar-refractivity contribution in [3.8, 4) is 5.75 Å². The van der Waals surface area contributed by atoms with Gasteiger partial charge in [-0.1, -0.05) is 6.07 Å². The molecular weight excluding hydrogens is 304 g/mol. The van der Waals surface area contributed by atoms with Crippen LogP contribution in [-0.4, -0.2) is 49.8 Å². The molecule has 2 saturated heterocycles. The number of carbonyl (C=O) groups excluding carboxylic acids is 1. The van der Waals surface area contributed by atoms with Gasteiger partial charge in [0.05, 0.1) is 24.9 Å². The molecule has 1 aromatic rings. The van der Waals surface area contributed by atoms with Crippen LogP contribution in [0.3, 0.4) is 0 Å². The summed E-state index contributed by atoms with van der Waals surface area (Å²) in [5.74, 6) is 0.779. The number of carbonyl (C=O) groups is 1. The number of amides is 1. The van der Waals surface area contributed by atoms with Crippen molar-refractivity contribution in [3.05, 3.63) is 23.8 Å². The molecule has 2 fully saturated rings. The Morgan fingerprint density at radius 1 is 1.38 bits per heavy atom. The molecule has 0 saturated carbocycles. The molecule has 5 nitrogen and oxygen atoms in total. The number of ether oxygens (including phenoxy) is 2. The molecule has 1 N–H and O–H groups in total. The highest BCUT2D eigenvalue weighted by Crippen LogP contribution is 2.27. The number of hydrogen-bond donors (Lipinski definition) is 1. The predicted octanol–water partition coefficient (Wildman–Crippen LogP) is 2.98. The van der Waals surface area contributed by atoms with E-state index in [1.807, 2.05) is 25.1 Å². The Morgan fingerprint density at radius 2 is 2.25 bits per heavy atom. The molecule has 0 spiro atoms. The van der Waals surface area contributed by atoms with Crippen molar-refractivity contribution in [2.45, 2.75) is 51.2 Å². The van der Waals surface area contributed by atoms with E-state index in [0.717, 1.165) is 56.6 Å². The summed E-state index contributed by atoms with van der Waals surface area (Å²) < 4.78 is 11.1. The van der Waals surface area contributed by atoms with Gasteiger partial charge in [-0.05, 0) is 63.3 Å². The second-order valence-corrected chi connectivity index (χ2v) is 6.81. The minimum atomic E-state index is -0.0448. The van der Waals surface area contributed by atoms with Crippen LogP contribution in [-0.2, 0) is 9.53 Å². The fraction of sp³-hybridized carbons (Fsp3) is 0.632. The lowest BCUT2D eigenvalue weighted by Crippen LogP contribution is -2.40. The van der Waals surface area contributed by atoms with E-state index >= 15 is 0 Å². The lowest BCUT2D eigenvalue weighted by molar-refractivity contribution is -0.120. The normalized spacial score (nSPS) is 24.2. The van der Waals surface area contributed by atoms with Crippen molar-refractivity contribution in [1.29, 1.82) is 0 Å². The molecule has 0 radical (unpaired) electrons. The molecule has 2 unspecified atom stereocenters. The fourth-order valence-electron chi connectivity index (χ4n) is 3.71. The molecule has 2 heterocycles. The fourth-order valence-corrected chi connectivity index (χ4v) is 3.71. The van der Waals surface area contributed by atoms with E-state index < -0.39 is 0 Å². The number of anilines is 1.